The molecule has 0 atom stereocenters. The number of hydrogen-bond donors (Lipinski definition) is 4. The van der Waals surface area contributed by atoms with Gasteiger partial charge in [-0.2, -0.15) is 0 Å². The van der Waals surface area contributed by atoms with Crippen LogP contribution < -0.4 is 16.3 Å². The van der Waals surface area contributed by atoms with Gasteiger partial charge in [-0.25, -0.2) is 10.9 Å². The third-order valence-electron chi connectivity index (χ3n) is 5.83. The van der Waals surface area contributed by atoms with E-state index in [1.165, 1.54) is 35.2 Å². The molecule has 0 saturated carbocycles. The van der Waals surface area contributed by atoms with Gasteiger partial charge < -0.3 is 4.90 Å². The second kappa shape index (κ2) is 12.1. The lowest BCUT2D eigenvalue weighted by molar-refractivity contribution is 0.0706. The van der Waals surface area contributed by atoms with Crippen molar-refractivity contribution in [2.75, 3.05) is 19.6 Å². The molecule has 0 aliphatic heterocycles. The Hall–Kier alpha value is -3.26. The third-order valence-corrected chi connectivity index (χ3v) is 5.83. The maximum absolute atomic E-state index is 12.5. The summed E-state index contributed by atoms with van der Waals surface area (Å²) < 4.78 is 0. The number of hydrogen-bond acceptors (Lipinski definition) is 5. The molecular weight excluding hydrogens is 416 g/mol. The van der Waals surface area contributed by atoms with Crippen molar-refractivity contribution in [2.45, 2.75) is 33.2 Å². The Morgan fingerprint density at radius 1 is 0.909 bits per heavy atom. The van der Waals surface area contributed by atoms with Gasteiger partial charge in [-0.1, -0.05) is 50.2 Å². The molecule has 0 spiro atoms. The van der Waals surface area contributed by atoms with Crippen LogP contribution in [0, 0.1) is 0 Å². The standard InChI is InChI=1S/C26H32N4O3/c1-3-30(4-2)15-7-8-19-16-22-9-5-6-10-24(22)23(17-19)18-27-28-25(31)20-11-13-21(14-12-20)26(32)29-33/h5-6,9-14,16-17,27,33H,3-4,7-8,15,18H2,1-2H3,(H,28,31)(H,29,32). The van der Waals surface area contributed by atoms with Crippen molar-refractivity contribution in [1.29, 1.82) is 0 Å². The van der Waals surface area contributed by atoms with Crippen molar-refractivity contribution >= 4 is 22.6 Å². The molecule has 3 rings (SSSR count). The Kier molecular flexibility index (Phi) is 8.95. The number of amides is 2. The van der Waals surface area contributed by atoms with Crippen LogP contribution in [0.25, 0.3) is 10.8 Å². The van der Waals surface area contributed by atoms with Gasteiger partial charge >= 0.3 is 0 Å². The van der Waals surface area contributed by atoms with Crippen molar-refractivity contribution in [3.8, 4) is 0 Å². The molecule has 0 aliphatic rings. The zero-order valence-corrected chi connectivity index (χ0v) is 19.2. The second-order valence-electron chi connectivity index (χ2n) is 7.93. The molecule has 0 saturated heterocycles. The van der Waals surface area contributed by atoms with E-state index in [9.17, 15) is 9.59 Å². The quantitative estimate of drug-likeness (QED) is 0.265. The average molecular weight is 449 g/mol. The van der Waals surface area contributed by atoms with Gasteiger partial charge in [0.1, 0.15) is 0 Å². The summed E-state index contributed by atoms with van der Waals surface area (Å²) in [5, 5.41) is 11.0. The fourth-order valence-corrected chi connectivity index (χ4v) is 3.92. The molecule has 0 radical (unpaired) electrons. The van der Waals surface area contributed by atoms with Crippen LogP contribution in [0.1, 0.15) is 52.1 Å². The van der Waals surface area contributed by atoms with E-state index in [0.717, 1.165) is 43.4 Å². The van der Waals surface area contributed by atoms with Crippen LogP contribution in [-0.2, 0) is 13.0 Å². The van der Waals surface area contributed by atoms with E-state index in [4.69, 9.17) is 5.21 Å². The van der Waals surface area contributed by atoms with E-state index in [0.29, 0.717) is 12.1 Å². The predicted molar refractivity (Wildman–Crippen MR) is 130 cm³/mol. The summed E-state index contributed by atoms with van der Waals surface area (Å²) in [4.78, 5) is 26.3. The fourth-order valence-electron chi connectivity index (χ4n) is 3.92. The van der Waals surface area contributed by atoms with Gasteiger partial charge in [0.2, 0.25) is 0 Å². The summed E-state index contributed by atoms with van der Waals surface area (Å²) in [5.41, 5.74) is 10.4. The normalized spacial score (nSPS) is 11.0. The van der Waals surface area contributed by atoms with Gasteiger partial charge in [0, 0.05) is 17.7 Å². The molecule has 174 valence electrons. The Morgan fingerprint density at radius 2 is 1.58 bits per heavy atom. The number of fused-ring (bicyclic) bond motifs is 1. The number of carbonyl (C=O) groups excluding carboxylic acids is 2. The van der Waals surface area contributed by atoms with Gasteiger partial charge in [-0.05, 0) is 78.6 Å². The minimum Gasteiger partial charge on any atom is -0.304 e. The Bertz CT molecular complexity index is 1080. The summed E-state index contributed by atoms with van der Waals surface area (Å²) in [6, 6.07) is 18.8. The molecule has 0 aromatic heterocycles. The highest BCUT2D eigenvalue weighted by Crippen LogP contribution is 2.22. The van der Waals surface area contributed by atoms with E-state index in [-0.39, 0.29) is 11.5 Å². The first-order valence-electron chi connectivity index (χ1n) is 11.4. The van der Waals surface area contributed by atoms with Crippen LogP contribution in [0.2, 0.25) is 0 Å². The first-order valence-corrected chi connectivity index (χ1v) is 11.4. The lowest BCUT2D eigenvalue weighted by atomic mass is 9.98. The van der Waals surface area contributed by atoms with Crippen LogP contribution in [0.5, 0.6) is 0 Å². The average Bonchev–Trinajstić information content (AvgIpc) is 2.86. The van der Waals surface area contributed by atoms with Crippen molar-refractivity contribution in [1.82, 2.24) is 21.2 Å². The van der Waals surface area contributed by atoms with E-state index < -0.39 is 5.91 Å². The number of aryl methyl sites for hydroxylation is 1. The van der Waals surface area contributed by atoms with Crippen LogP contribution in [0.3, 0.4) is 0 Å². The molecule has 0 bridgehead atoms. The molecule has 7 heteroatoms. The van der Waals surface area contributed by atoms with Gasteiger partial charge in [0.05, 0.1) is 0 Å². The SMILES string of the molecule is CCN(CC)CCCc1cc(CNNC(=O)c2ccc(C(=O)NO)cc2)c2ccccc2c1. The third kappa shape index (κ3) is 6.61. The fraction of sp³-hybridized carbons (Fsp3) is 0.308. The minimum atomic E-state index is -0.621. The molecule has 2 amide bonds. The molecule has 4 N–H and O–H groups in total. The molecule has 0 aliphatic carbocycles. The summed E-state index contributed by atoms with van der Waals surface area (Å²) in [5.74, 6) is -0.922. The number of nitrogens with one attached hydrogen (secondary N) is 3. The van der Waals surface area contributed by atoms with Crippen LogP contribution in [-0.4, -0.2) is 41.6 Å². The molecule has 7 nitrogen and oxygen atoms in total. The molecular formula is C26H32N4O3. The molecule has 33 heavy (non-hydrogen) atoms. The van der Waals surface area contributed by atoms with E-state index >= 15 is 0 Å². The van der Waals surface area contributed by atoms with E-state index in [1.807, 2.05) is 12.1 Å². The summed E-state index contributed by atoms with van der Waals surface area (Å²) in [6.45, 7) is 8.10. The molecule has 0 heterocycles. The number of hydrazine groups is 1. The number of rotatable bonds is 11. The zero-order valence-electron chi connectivity index (χ0n) is 19.2. The maximum Gasteiger partial charge on any atom is 0.274 e. The molecule has 0 fully saturated rings. The van der Waals surface area contributed by atoms with Crippen LogP contribution in [0.4, 0.5) is 0 Å². The van der Waals surface area contributed by atoms with E-state index in [1.54, 1.807) is 5.48 Å². The highest BCUT2D eigenvalue weighted by molar-refractivity contribution is 5.97. The molecule has 3 aromatic rings. The largest absolute Gasteiger partial charge is 0.304 e. The van der Waals surface area contributed by atoms with Gasteiger partial charge in [0.25, 0.3) is 11.8 Å². The molecule has 0 unspecified atom stereocenters. The van der Waals surface area contributed by atoms with Gasteiger partial charge in [0.15, 0.2) is 0 Å². The summed E-state index contributed by atoms with van der Waals surface area (Å²) >= 11 is 0. The number of benzene rings is 3. The first-order chi connectivity index (χ1) is 16.0. The Balaban J connectivity index is 1.64. The van der Waals surface area contributed by atoms with E-state index in [2.05, 4.69) is 53.9 Å². The number of hydroxylamine groups is 1. The number of nitrogens with zero attached hydrogens (tertiary/aromatic N) is 1. The van der Waals surface area contributed by atoms with Crippen LogP contribution in [0.15, 0.2) is 60.7 Å². The Labute approximate surface area is 194 Å². The lowest BCUT2D eigenvalue weighted by Gasteiger charge is -2.18. The predicted octanol–water partition coefficient (Wildman–Crippen LogP) is 3.67. The topological polar surface area (TPSA) is 93.7 Å². The van der Waals surface area contributed by atoms with Crippen molar-refractivity contribution in [3.05, 3.63) is 82.9 Å². The highest BCUT2D eigenvalue weighted by Gasteiger charge is 2.09. The second-order valence-corrected chi connectivity index (χ2v) is 7.93. The van der Waals surface area contributed by atoms with Crippen molar-refractivity contribution in [3.63, 3.8) is 0 Å². The summed E-state index contributed by atoms with van der Waals surface area (Å²) in [7, 11) is 0. The van der Waals surface area contributed by atoms with Gasteiger partial charge in [-0.3, -0.25) is 20.2 Å². The van der Waals surface area contributed by atoms with Crippen molar-refractivity contribution in [2.24, 2.45) is 0 Å². The zero-order chi connectivity index (χ0) is 23.6. The first kappa shape index (κ1) is 24.4. The number of carbonyl (C=O) groups is 2. The van der Waals surface area contributed by atoms with Crippen molar-refractivity contribution < 1.29 is 14.8 Å². The van der Waals surface area contributed by atoms with Crippen LogP contribution >= 0.6 is 0 Å². The lowest BCUT2D eigenvalue weighted by Crippen LogP contribution is -2.36. The Morgan fingerprint density at radius 3 is 2.24 bits per heavy atom. The minimum absolute atomic E-state index is 0.270. The van der Waals surface area contributed by atoms with Gasteiger partial charge in [-0.15, -0.1) is 0 Å². The maximum atomic E-state index is 12.5. The summed E-state index contributed by atoms with van der Waals surface area (Å²) in [6.07, 6.45) is 2.11. The monoisotopic (exact) mass is 448 g/mol. The smallest absolute Gasteiger partial charge is 0.274 e. The molecule has 3 aromatic carbocycles. The highest BCUT2D eigenvalue weighted by atomic mass is 16.5.